The summed E-state index contributed by atoms with van der Waals surface area (Å²) in [6, 6.07) is 16.7. The Hall–Kier alpha value is -2.99. The number of carboxylic acids is 1. The first kappa shape index (κ1) is 18.8. The van der Waals surface area contributed by atoms with Gasteiger partial charge in [-0.05, 0) is 24.3 Å². The molecule has 0 fully saturated rings. The second-order valence-electron chi connectivity index (χ2n) is 5.91. The van der Waals surface area contributed by atoms with E-state index in [1.807, 2.05) is 42.5 Å². The maximum atomic E-state index is 12.3. The number of nitrogens with zero attached hydrogens (tertiary/aromatic N) is 2. The highest BCUT2D eigenvalue weighted by Gasteiger charge is 2.11. The molecular formula is C21H17BrN2O3. The highest BCUT2D eigenvalue weighted by molar-refractivity contribution is 9.10. The first-order chi connectivity index (χ1) is 13.0. The molecule has 0 unspecified atom stereocenters. The smallest absolute Gasteiger partial charge is 0.305 e. The number of benzene rings is 2. The number of ketones is 1. The summed E-state index contributed by atoms with van der Waals surface area (Å²) in [6.45, 7) is 0.263. The van der Waals surface area contributed by atoms with Gasteiger partial charge in [0.15, 0.2) is 5.78 Å². The lowest BCUT2D eigenvalue weighted by molar-refractivity contribution is -0.137. The molecule has 136 valence electrons. The van der Waals surface area contributed by atoms with Crippen molar-refractivity contribution in [2.24, 2.45) is 0 Å². The molecule has 0 saturated heterocycles. The van der Waals surface area contributed by atoms with Gasteiger partial charge in [-0.1, -0.05) is 58.4 Å². The fourth-order valence-corrected chi connectivity index (χ4v) is 2.84. The van der Waals surface area contributed by atoms with Crippen LogP contribution in [0.15, 0.2) is 71.3 Å². The summed E-state index contributed by atoms with van der Waals surface area (Å²) < 4.78 is 2.55. The van der Waals surface area contributed by atoms with E-state index in [1.54, 1.807) is 29.1 Å². The van der Waals surface area contributed by atoms with E-state index in [2.05, 4.69) is 21.0 Å². The minimum absolute atomic E-state index is 0.0203. The van der Waals surface area contributed by atoms with Gasteiger partial charge >= 0.3 is 5.97 Å². The summed E-state index contributed by atoms with van der Waals surface area (Å²) in [5, 5.41) is 13.4. The summed E-state index contributed by atoms with van der Waals surface area (Å²) >= 11 is 3.41. The summed E-state index contributed by atoms with van der Waals surface area (Å²) in [7, 11) is 0. The van der Waals surface area contributed by atoms with Crippen LogP contribution < -0.4 is 0 Å². The minimum Gasteiger partial charge on any atom is -0.481 e. The lowest BCUT2D eigenvalue weighted by Crippen LogP contribution is -2.04. The molecule has 27 heavy (non-hydrogen) atoms. The zero-order valence-electron chi connectivity index (χ0n) is 14.4. The maximum Gasteiger partial charge on any atom is 0.305 e. The van der Waals surface area contributed by atoms with E-state index in [0.29, 0.717) is 11.3 Å². The molecule has 1 aromatic heterocycles. The van der Waals surface area contributed by atoms with Crippen LogP contribution >= 0.6 is 15.9 Å². The van der Waals surface area contributed by atoms with Crippen LogP contribution in [0.1, 0.15) is 22.3 Å². The van der Waals surface area contributed by atoms with Gasteiger partial charge in [-0.3, -0.25) is 14.3 Å². The highest BCUT2D eigenvalue weighted by atomic mass is 79.9. The van der Waals surface area contributed by atoms with Crippen molar-refractivity contribution >= 4 is 33.8 Å². The predicted octanol–water partition coefficient (Wildman–Crippen LogP) is 4.68. The van der Waals surface area contributed by atoms with Gasteiger partial charge in [0.2, 0.25) is 0 Å². The Labute approximate surface area is 165 Å². The van der Waals surface area contributed by atoms with Gasteiger partial charge < -0.3 is 5.11 Å². The maximum absolute atomic E-state index is 12.3. The largest absolute Gasteiger partial charge is 0.481 e. The normalized spacial score (nSPS) is 11.0. The van der Waals surface area contributed by atoms with Gasteiger partial charge in [0.25, 0.3) is 0 Å². The Balaban J connectivity index is 1.91. The number of carboxylic acid groups (broad SMARTS) is 1. The number of aliphatic carboxylic acids is 1. The topological polar surface area (TPSA) is 72.2 Å². The molecule has 1 N–H and O–H groups in total. The summed E-state index contributed by atoms with van der Waals surface area (Å²) in [5.74, 6) is -0.984. The molecule has 0 atom stereocenters. The number of hydrogen-bond donors (Lipinski definition) is 1. The van der Waals surface area contributed by atoms with E-state index in [4.69, 9.17) is 5.11 Å². The second-order valence-corrected chi connectivity index (χ2v) is 6.83. The van der Waals surface area contributed by atoms with Crippen molar-refractivity contribution in [3.8, 4) is 11.3 Å². The Bertz CT molecular complexity index is 976. The van der Waals surface area contributed by atoms with E-state index < -0.39 is 5.97 Å². The Morgan fingerprint density at radius 2 is 1.78 bits per heavy atom. The molecule has 0 spiro atoms. The van der Waals surface area contributed by atoms with Crippen molar-refractivity contribution in [2.45, 2.75) is 13.0 Å². The van der Waals surface area contributed by atoms with E-state index in [0.717, 1.165) is 15.6 Å². The van der Waals surface area contributed by atoms with Crippen LogP contribution in [0.4, 0.5) is 0 Å². The molecule has 0 saturated carbocycles. The van der Waals surface area contributed by atoms with Crippen LogP contribution in [0.25, 0.3) is 17.3 Å². The Morgan fingerprint density at radius 3 is 2.44 bits per heavy atom. The number of aryl methyl sites for hydroxylation is 1. The van der Waals surface area contributed by atoms with E-state index in [-0.39, 0.29) is 18.7 Å². The summed E-state index contributed by atoms with van der Waals surface area (Å²) in [6.07, 6.45) is 4.97. The van der Waals surface area contributed by atoms with Crippen LogP contribution in [0.2, 0.25) is 0 Å². The lowest BCUT2D eigenvalue weighted by atomic mass is 10.1. The van der Waals surface area contributed by atoms with Gasteiger partial charge in [-0.2, -0.15) is 5.10 Å². The molecule has 3 rings (SSSR count). The van der Waals surface area contributed by atoms with Gasteiger partial charge in [-0.25, -0.2) is 0 Å². The molecule has 0 aliphatic rings. The Morgan fingerprint density at radius 1 is 1.07 bits per heavy atom. The van der Waals surface area contributed by atoms with Gasteiger partial charge in [0.1, 0.15) is 0 Å². The van der Waals surface area contributed by atoms with Gasteiger partial charge in [-0.15, -0.1) is 0 Å². The molecule has 0 amide bonds. The Kier molecular flexibility index (Phi) is 5.98. The predicted molar refractivity (Wildman–Crippen MR) is 107 cm³/mol. The van der Waals surface area contributed by atoms with Crippen molar-refractivity contribution in [1.82, 2.24) is 9.78 Å². The van der Waals surface area contributed by atoms with E-state index >= 15 is 0 Å². The van der Waals surface area contributed by atoms with Crippen LogP contribution in [0.3, 0.4) is 0 Å². The zero-order valence-corrected chi connectivity index (χ0v) is 16.0. The quantitative estimate of drug-likeness (QED) is 0.441. The highest BCUT2D eigenvalue weighted by Crippen LogP contribution is 2.25. The van der Waals surface area contributed by atoms with Crippen LogP contribution in [-0.2, 0) is 11.3 Å². The number of rotatable bonds is 7. The number of hydrogen-bond acceptors (Lipinski definition) is 3. The first-order valence-corrected chi connectivity index (χ1v) is 9.15. The summed E-state index contributed by atoms with van der Waals surface area (Å²) in [4.78, 5) is 23.2. The third-order valence-corrected chi connectivity index (χ3v) is 4.46. The first-order valence-electron chi connectivity index (χ1n) is 8.35. The fraction of sp³-hybridized carbons (Fsp3) is 0.0952. The molecule has 0 bridgehead atoms. The summed E-state index contributed by atoms with van der Waals surface area (Å²) in [5.41, 5.74) is 2.95. The number of carbonyl (C=O) groups is 2. The zero-order chi connectivity index (χ0) is 19.2. The lowest BCUT2D eigenvalue weighted by Gasteiger charge is -2.00. The molecule has 5 nitrogen and oxygen atoms in total. The number of halogens is 1. The van der Waals surface area contributed by atoms with Crippen molar-refractivity contribution < 1.29 is 14.7 Å². The van der Waals surface area contributed by atoms with Crippen LogP contribution in [-0.4, -0.2) is 26.6 Å². The molecule has 6 heteroatoms. The molecule has 3 aromatic rings. The molecule has 1 heterocycles. The molecule has 0 aliphatic carbocycles. The third-order valence-electron chi connectivity index (χ3n) is 3.93. The molecule has 0 aliphatic heterocycles. The number of aromatic nitrogens is 2. The second kappa shape index (κ2) is 8.60. The minimum atomic E-state index is -0.882. The fourth-order valence-electron chi connectivity index (χ4n) is 2.58. The molecular weight excluding hydrogens is 408 g/mol. The molecule has 2 aromatic carbocycles. The van der Waals surface area contributed by atoms with Crippen molar-refractivity contribution in [2.75, 3.05) is 0 Å². The van der Waals surface area contributed by atoms with E-state index in [1.165, 1.54) is 6.08 Å². The monoisotopic (exact) mass is 424 g/mol. The standard InChI is InChI=1S/C21H17BrN2O3/c22-18-9-6-16(7-10-18)21-17(14-24(23-21)13-12-20(26)27)8-11-19(25)15-4-2-1-3-5-15/h1-11,14H,12-13H2,(H,26,27)/b11-8+. The number of carbonyl (C=O) groups excluding carboxylic acids is 1. The van der Waals surface area contributed by atoms with E-state index in [9.17, 15) is 9.59 Å². The van der Waals surface area contributed by atoms with Gasteiger partial charge in [0, 0.05) is 27.4 Å². The van der Waals surface area contributed by atoms with Crippen molar-refractivity contribution in [3.63, 3.8) is 0 Å². The van der Waals surface area contributed by atoms with Crippen LogP contribution in [0.5, 0.6) is 0 Å². The van der Waals surface area contributed by atoms with Gasteiger partial charge in [0.05, 0.1) is 18.7 Å². The SMILES string of the molecule is O=C(O)CCn1cc(/C=C/C(=O)c2ccccc2)c(-c2ccc(Br)cc2)n1. The van der Waals surface area contributed by atoms with Crippen molar-refractivity contribution in [3.05, 3.63) is 82.5 Å². The average Bonchev–Trinajstić information content (AvgIpc) is 3.09. The van der Waals surface area contributed by atoms with Crippen LogP contribution in [0, 0.1) is 0 Å². The average molecular weight is 425 g/mol. The van der Waals surface area contributed by atoms with Crippen molar-refractivity contribution in [1.29, 1.82) is 0 Å². The number of allylic oxidation sites excluding steroid dienone is 1. The molecule has 0 radical (unpaired) electrons. The third kappa shape index (κ3) is 5.01.